The first kappa shape index (κ1) is 19.1. The molecule has 138 valence electrons. The van der Waals surface area contributed by atoms with Crippen LogP contribution in [0.4, 0.5) is 5.69 Å². The Labute approximate surface area is 162 Å². The van der Waals surface area contributed by atoms with Crippen molar-refractivity contribution in [1.82, 2.24) is 4.72 Å². The van der Waals surface area contributed by atoms with Crippen LogP contribution in [0.3, 0.4) is 0 Å². The summed E-state index contributed by atoms with van der Waals surface area (Å²) in [6.45, 7) is 4.25. The Balaban J connectivity index is 1.84. The van der Waals surface area contributed by atoms with E-state index in [0.29, 0.717) is 18.5 Å². The van der Waals surface area contributed by atoms with Crippen LogP contribution in [0.1, 0.15) is 36.9 Å². The van der Waals surface area contributed by atoms with E-state index < -0.39 is 10.0 Å². The molecule has 1 unspecified atom stereocenters. The predicted molar refractivity (Wildman–Crippen MR) is 106 cm³/mol. The summed E-state index contributed by atoms with van der Waals surface area (Å²) in [5.41, 5.74) is 2.25. The van der Waals surface area contributed by atoms with Crippen molar-refractivity contribution in [2.75, 3.05) is 11.4 Å². The molecule has 0 aliphatic carbocycles. The summed E-state index contributed by atoms with van der Waals surface area (Å²) in [7, 11) is -3.67. The predicted octanol–water partition coefficient (Wildman–Crippen LogP) is 3.92. The SMILES string of the molecule is Cc1cc(N2CCCC2=O)ccc1S(=O)(=O)NC(C)c1cccc(Br)c1. The molecule has 1 amide bonds. The van der Waals surface area contributed by atoms with Crippen LogP contribution in [0.25, 0.3) is 0 Å². The molecule has 1 N–H and O–H groups in total. The lowest BCUT2D eigenvalue weighted by atomic mass is 10.1. The molecule has 1 atom stereocenters. The normalized spacial score (nSPS) is 16.1. The number of rotatable bonds is 5. The molecule has 26 heavy (non-hydrogen) atoms. The third-order valence-corrected chi connectivity index (χ3v) is 6.71. The van der Waals surface area contributed by atoms with E-state index in [1.807, 2.05) is 31.2 Å². The quantitative estimate of drug-likeness (QED) is 0.771. The maximum absolute atomic E-state index is 12.8. The lowest BCUT2D eigenvalue weighted by Gasteiger charge is -2.19. The van der Waals surface area contributed by atoms with Crippen molar-refractivity contribution in [2.24, 2.45) is 0 Å². The fraction of sp³-hybridized carbons (Fsp3) is 0.316. The summed E-state index contributed by atoms with van der Waals surface area (Å²) in [5, 5.41) is 0. The second-order valence-electron chi connectivity index (χ2n) is 6.50. The molecular formula is C19H21BrN2O3S. The molecule has 2 aromatic rings. The van der Waals surface area contributed by atoms with Gasteiger partial charge < -0.3 is 4.90 Å². The summed E-state index contributed by atoms with van der Waals surface area (Å²) in [5.74, 6) is 0.0846. The summed E-state index contributed by atoms with van der Waals surface area (Å²) in [6.07, 6.45) is 1.38. The van der Waals surface area contributed by atoms with Gasteiger partial charge in [0.25, 0.3) is 0 Å². The van der Waals surface area contributed by atoms with E-state index >= 15 is 0 Å². The molecule has 2 aromatic carbocycles. The maximum atomic E-state index is 12.8. The zero-order chi connectivity index (χ0) is 18.9. The van der Waals surface area contributed by atoms with Gasteiger partial charge in [-0.3, -0.25) is 4.79 Å². The van der Waals surface area contributed by atoms with Crippen LogP contribution >= 0.6 is 15.9 Å². The monoisotopic (exact) mass is 436 g/mol. The minimum Gasteiger partial charge on any atom is -0.312 e. The maximum Gasteiger partial charge on any atom is 0.241 e. The smallest absolute Gasteiger partial charge is 0.241 e. The molecule has 5 nitrogen and oxygen atoms in total. The fourth-order valence-electron chi connectivity index (χ4n) is 3.16. The van der Waals surface area contributed by atoms with E-state index in [0.717, 1.165) is 22.1 Å². The van der Waals surface area contributed by atoms with Crippen LogP contribution in [-0.2, 0) is 14.8 Å². The number of sulfonamides is 1. The first-order valence-corrected chi connectivity index (χ1v) is 10.7. The zero-order valence-electron chi connectivity index (χ0n) is 14.7. The molecule has 1 aliphatic heterocycles. The lowest BCUT2D eigenvalue weighted by molar-refractivity contribution is -0.117. The van der Waals surface area contributed by atoms with E-state index in [4.69, 9.17) is 0 Å². The van der Waals surface area contributed by atoms with Gasteiger partial charge in [0.1, 0.15) is 0 Å². The first-order chi connectivity index (χ1) is 12.3. The van der Waals surface area contributed by atoms with Crippen LogP contribution in [-0.4, -0.2) is 20.9 Å². The Kier molecular flexibility index (Phi) is 5.50. The van der Waals surface area contributed by atoms with Gasteiger partial charge in [-0.15, -0.1) is 0 Å². The molecule has 0 aromatic heterocycles. The van der Waals surface area contributed by atoms with Gasteiger partial charge in [0, 0.05) is 29.2 Å². The number of carbonyl (C=O) groups excluding carboxylic acids is 1. The molecule has 0 spiro atoms. The molecule has 1 heterocycles. The van der Waals surface area contributed by atoms with Crippen molar-refractivity contribution >= 4 is 37.5 Å². The second kappa shape index (κ2) is 7.50. The number of nitrogens with one attached hydrogen (secondary N) is 1. The van der Waals surface area contributed by atoms with E-state index in [2.05, 4.69) is 20.7 Å². The van der Waals surface area contributed by atoms with E-state index in [9.17, 15) is 13.2 Å². The van der Waals surface area contributed by atoms with Crippen molar-refractivity contribution in [3.8, 4) is 0 Å². The number of hydrogen-bond donors (Lipinski definition) is 1. The molecule has 0 saturated carbocycles. The molecule has 0 radical (unpaired) electrons. The average Bonchev–Trinajstić information content (AvgIpc) is 3.00. The summed E-state index contributed by atoms with van der Waals surface area (Å²) in [4.78, 5) is 13.8. The number of amides is 1. The van der Waals surface area contributed by atoms with Gasteiger partial charge in [-0.05, 0) is 61.7 Å². The highest BCUT2D eigenvalue weighted by Gasteiger charge is 2.24. The van der Waals surface area contributed by atoms with Crippen molar-refractivity contribution in [3.05, 3.63) is 58.1 Å². The summed E-state index contributed by atoms with van der Waals surface area (Å²) < 4.78 is 29.3. The minimum absolute atomic E-state index is 0.0846. The largest absolute Gasteiger partial charge is 0.312 e. The Hall–Kier alpha value is -1.70. The van der Waals surface area contributed by atoms with Crippen molar-refractivity contribution < 1.29 is 13.2 Å². The number of nitrogens with zero attached hydrogens (tertiary/aromatic N) is 1. The van der Waals surface area contributed by atoms with Gasteiger partial charge in [-0.1, -0.05) is 28.1 Å². The van der Waals surface area contributed by atoms with Crippen molar-refractivity contribution in [1.29, 1.82) is 0 Å². The molecule has 3 rings (SSSR count). The Bertz CT molecular complexity index is 944. The van der Waals surface area contributed by atoms with Crippen LogP contribution in [0, 0.1) is 6.92 Å². The molecule has 7 heteroatoms. The molecular weight excluding hydrogens is 416 g/mol. The van der Waals surface area contributed by atoms with Crippen molar-refractivity contribution in [2.45, 2.75) is 37.6 Å². The zero-order valence-corrected chi connectivity index (χ0v) is 17.1. The van der Waals surface area contributed by atoms with Gasteiger partial charge in [0.15, 0.2) is 0 Å². The van der Waals surface area contributed by atoms with Crippen LogP contribution in [0.2, 0.25) is 0 Å². The van der Waals surface area contributed by atoms with Crippen LogP contribution in [0.15, 0.2) is 51.8 Å². The third-order valence-electron chi connectivity index (χ3n) is 4.51. The highest BCUT2D eigenvalue weighted by atomic mass is 79.9. The fourth-order valence-corrected chi connectivity index (χ4v) is 5.04. The van der Waals surface area contributed by atoms with Crippen LogP contribution in [0.5, 0.6) is 0 Å². The first-order valence-electron chi connectivity index (χ1n) is 8.47. The molecule has 1 aliphatic rings. The van der Waals surface area contributed by atoms with Crippen molar-refractivity contribution in [3.63, 3.8) is 0 Å². The summed E-state index contributed by atoms with van der Waals surface area (Å²) >= 11 is 3.40. The van der Waals surface area contributed by atoms with E-state index in [-0.39, 0.29) is 16.8 Å². The number of anilines is 1. The highest BCUT2D eigenvalue weighted by molar-refractivity contribution is 9.10. The van der Waals surface area contributed by atoms with Crippen LogP contribution < -0.4 is 9.62 Å². The number of hydrogen-bond acceptors (Lipinski definition) is 3. The Morgan fingerprint density at radius 2 is 1.96 bits per heavy atom. The van der Waals surface area contributed by atoms with E-state index in [1.165, 1.54) is 0 Å². The molecule has 0 bridgehead atoms. The number of benzene rings is 2. The standard InChI is InChI=1S/C19H21BrN2O3S/c1-13-11-17(22-10-4-7-19(22)23)8-9-18(13)26(24,25)21-14(2)15-5-3-6-16(20)12-15/h3,5-6,8-9,11-12,14,21H,4,7,10H2,1-2H3. The Morgan fingerprint density at radius 3 is 2.58 bits per heavy atom. The molecule has 1 fully saturated rings. The summed E-state index contributed by atoms with van der Waals surface area (Å²) in [6, 6.07) is 12.2. The topological polar surface area (TPSA) is 66.5 Å². The average molecular weight is 437 g/mol. The number of halogens is 1. The Morgan fingerprint density at radius 1 is 1.19 bits per heavy atom. The number of carbonyl (C=O) groups is 1. The third kappa shape index (κ3) is 4.00. The van der Waals surface area contributed by atoms with Gasteiger partial charge in [-0.25, -0.2) is 13.1 Å². The minimum atomic E-state index is -3.67. The van der Waals surface area contributed by atoms with Gasteiger partial charge in [0.2, 0.25) is 15.9 Å². The molecule has 1 saturated heterocycles. The second-order valence-corrected chi connectivity index (χ2v) is 9.09. The van der Waals surface area contributed by atoms with Gasteiger partial charge >= 0.3 is 0 Å². The van der Waals surface area contributed by atoms with Gasteiger partial charge in [0.05, 0.1) is 4.90 Å². The van der Waals surface area contributed by atoms with E-state index in [1.54, 1.807) is 30.0 Å². The lowest BCUT2D eigenvalue weighted by Crippen LogP contribution is -2.28. The number of aryl methyl sites for hydroxylation is 1. The highest BCUT2D eigenvalue weighted by Crippen LogP contribution is 2.27. The van der Waals surface area contributed by atoms with Gasteiger partial charge in [-0.2, -0.15) is 0 Å².